The van der Waals surface area contributed by atoms with Gasteiger partial charge < -0.3 is 4.74 Å². The van der Waals surface area contributed by atoms with Gasteiger partial charge in [-0.15, -0.1) is 0 Å². The number of fused-ring (bicyclic) bond motifs is 1. The highest BCUT2D eigenvalue weighted by molar-refractivity contribution is 5.86. The monoisotopic (exact) mass is 262 g/mol. The van der Waals surface area contributed by atoms with Crippen LogP contribution in [0.5, 0.6) is 5.75 Å². The molecule has 20 heavy (non-hydrogen) atoms. The molecule has 0 N–H and O–H groups in total. The first kappa shape index (κ1) is 12.4. The molecule has 0 atom stereocenters. The largest absolute Gasteiger partial charge is 0.494 e. The maximum atomic E-state index is 5.35. The smallest absolute Gasteiger partial charge is 0.145 e. The lowest BCUT2D eigenvalue weighted by Gasteiger charge is -2.04. The molecule has 3 aromatic rings. The molecule has 0 aliphatic rings. The minimum Gasteiger partial charge on any atom is -0.494 e. The predicted molar refractivity (Wildman–Crippen MR) is 81.5 cm³/mol. The first-order valence-corrected chi connectivity index (χ1v) is 6.39. The molecule has 0 bridgehead atoms. The Kier molecular flexibility index (Phi) is 3.42. The zero-order valence-electron chi connectivity index (χ0n) is 11.2. The van der Waals surface area contributed by atoms with Crippen LogP contribution in [0.15, 0.2) is 54.9 Å². The third-order valence-corrected chi connectivity index (χ3v) is 3.06. The number of rotatable bonds is 3. The van der Waals surface area contributed by atoms with Gasteiger partial charge in [-0.25, -0.2) is 4.98 Å². The summed E-state index contributed by atoms with van der Waals surface area (Å²) in [6.07, 6.45) is 7.55. The summed E-state index contributed by atoms with van der Waals surface area (Å²) in [4.78, 5) is 8.71. The molecule has 0 saturated carbocycles. The number of hydrogen-bond donors (Lipinski definition) is 0. The summed E-state index contributed by atoms with van der Waals surface area (Å²) >= 11 is 0. The van der Waals surface area contributed by atoms with Crippen LogP contribution in [0.3, 0.4) is 0 Å². The minimum atomic E-state index is 0.791. The van der Waals surface area contributed by atoms with Crippen molar-refractivity contribution in [3.8, 4) is 5.75 Å². The zero-order chi connectivity index (χ0) is 13.8. The van der Waals surface area contributed by atoms with E-state index in [2.05, 4.69) is 9.97 Å². The predicted octanol–water partition coefficient (Wildman–Crippen LogP) is 3.81. The summed E-state index contributed by atoms with van der Waals surface area (Å²) in [6.45, 7) is 0. The average Bonchev–Trinajstić information content (AvgIpc) is 2.53. The number of ether oxygens (including phenoxy) is 1. The maximum absolute atomic E-state index is 5.35. The highest BCUT2D eigenvalue weighted by Gasteiger charge is 2.02. The van der Waals surface area contributed by atoms with Gasteiger partial charge in [-0.2, -0.15) is 0 Å². The summed E-state index contributed by atoms with van der Waals surface area (Å²) in [5.41, 5.74) is 2.82. The normalized spacial score (nSPS) is 11.1. The molecule has 0 aliphatic heterocycles. The second-order valence-electron chi connectivity index (χ2n) is 4.39. The van der Waals surface area contributed by atoms with Gasteiger partial charge in [-0.05, 0) is 29.8 Å². The van der Waals surface area contributed by atoms with Crippen molar-refractivity contribution in [2.75, 3.05) is 7.11 Å². The molecule has 0 amide bonds. The molecule has 2 heterocycles. The van der Waals surface area contributed by atoms with Gasteiger partial charge in [0, 0.05) is 17.8 Å². The highest BCUT2D eigenvalue weighted by Crippen LogP contribution is 2.23. The summed E-state index contributed by atoms with van der Waals surface area (Å²) in [6, 6.07) is 13.9. The van der Waals surface area contributed by atoms with Crippen LogP contribution in [0, 0.1) is 0 Å². The van der Waals surface area contributed by atoms with Crippen molar-refractivity contribution in [1.82, 2.24) is 9.97 Å². The second kappa shape index (κ2) is 5.53. The van der Waals surface area contributed by atoms with Gasteiger partial charge in [0.05, 0.1) is 12.8 Å². The van der Waals surface area contributed by atoms with E-state index in [1.807, 2.05) is 60.8 Å². The van der Waals surface area contributed by atoms with Gasteiger partial charge in [-0.3, -0.25) is 4.98 Å². The van der Waals surface area contributed by atoms with Gasteiger partial charge in [0.15, 0.2) is 0 Å². The van der Waals surface area contributed by atoms with Crippen LogP contribution in [-0.2, 0) is 0 Å². The van der Waals surface area contributed by atoms with Crippen molar-refractivity contribution < 1.29 is 4.74 Å². The molecule has 1 aromatic carbocycles. The quantitative estimate of drug-likeness (QED) is 0.720. The standard InChI is InChI=1S/C17H14N2O/c1-20-16-6-2-5-14-8-10-15(19-17(14)16)9-7-13-4-3-11-18-12-13/h2-12H,1H3/b9-7+. The fourth-order valence-electron chi connectivity index (χ4n) is 2.05. The third kappa shape index (κ3) is 2.52. The number of pyridine rings is 2. The maximum Gasteiger partial charge on any atom is 0.145 e. The van der Waals surface area contributed by atoms with E-state index in [4.69, 9.17) is 4.74 Å². The first-order chi connectivity index (χ1) is 9.86. The van der Waals surface area contributed by atoms with E-state index in [1.54, 1.807) is 13.3 Å². The second-order valence-corrected chi connectivity index (χ2v) is 4.39. The molecule has 0 aliphatic carbocycles. The van der Waals surface area contributed by atoms with Crippen LogP contribution in [0.4, 0.5) is 0 Å². The molecule has 0 spiro atoms. The van der Waals surface area contributed by atoms with Gasteiger partial charge in [0.1, 0.15) is 11.3 Å². The van der Waals surface area contributed by atoms with Crippen molar-refractivity contribution in [3.63, 3.8) is 0 Å². The van der Waals surface area contributed by atoms with Crippen molar-refractivity contribution >= 4 is 23.1 Å². The lowest BCUT2D eigenvalue weighted by molar-refractivity contribution is 0.419. The van der Waals surface area contributed by atoms with E-state index in [-0.39, 0.29) is 0 Å². The molecule has 3 heteroatoms. The molecule has 0 saturated heterocycles. The Labute approximate surface area is 117 Å². The van der Waals surface area contributed by atoms with Crippen molar-refractivity contribution in [3.05, 3.63) is 66.1 Å². The Balaban J connectivity index is 1.99. The summed E-state index contributed by atoms with van der Waals surface area (Å²) in [5, 5.41) is 1.07. The van der Waals surface area contributed by atoms with Crippen molar-refractivity contribution in [2.45, 2.75) is 0 Å². The number of methoxy groups -OCH3 is 1. The van der Waals surface area contributed by atoms with Crippen LogP contribution in [0.25, 0.3) is 23.1 Å². The molecular formula is C17H14N2O. The third-order valence-electron chi connectivity index (χ3n) is 3.06. The lowest BCUT2D eigenvalue weighted by atomic mass is 10.1. The number of aromatic nitrogens is 2. The van der Waals surface area contributed by atoms with Crippen LogP contribution in [-0.4, -0.2) is 17.1 Å². The zero-order valence-corrected chi connectivity index (χ0v) is 11.2. The fraction of sp³-hybridized carbons (Fsp3) is 0.0588. The van der Waals surface area contributed by atoms with Crippen LogP contribution in [0.2, 0.25) is 0 Å². The Morgan fingerprint density at radius 2 is 1.95 bits per heavy atom. The Hall–Kier alpha value is -2.68. The summed E-state index contributed by atoms with van der Waals surface area (Å²) < 4.78 is 5.35. The Morgan fingerprint density at radius 1 is 1.00 bits per heavy atom. The SMILES string of the molecule is COc1cccc2ccc(/C=C/c3cccnc3)nc12. The average molecular weight is 262 g/mol. The number of nitrogens with zero attached hydrogens (tertiary/aromatic N) is 2. The molecule has 2 aromatic heterocycles. The summed E-state index contributed by atoms with van der Waals surface area (Å²) in [7, 11) is 1.66. The molecular weight excluding hydrogens is 248 g/mol. The summed E-state index contributed by atoms with van der Waals surface area (Å²) in [5.74, 6) is 0.791. The fourth-order valence-corrected chi connectivity index (χ4v) is 2.05. The van der Waals surface area contributed by atoms with Gasteiger partial charge in [0.2, 0.25) is 0 Å². The van der Waals surface area contributed by atoms with Crippen LogP contribution < -0.4 is 4.74 Å². The molecule has 3 nitrogen and oxygen atoms in total. The van der Waals surface area contributed by atoms with E-state index in [0.717, 1.165) is 27.9 Å². The number of benzene rings is 1. The van der Waals surface area contributed by atoms with Crippen LogP contribution >= 0.6 is 0 Å². The molecule has 0 fully saturated rings. The first-order valence-electron chi connectivity index (χ1n) is 6.39. The van der Waals surface area contributed by atoms with Crippen LogP contribution in [0.1, 0.15) is 11.3 Å². The Bertz CT molecular complexity index is 751. The number of para-hydroxylation sites is 1. The molecule has 3 rings (SSSR count). The molecule has 0 radical (unpaired) electrons. The van der Waals surface area contributed by atoms with Gasteiger partial charge in [-0.1, -0.05) is 30.3 Å². The van der Waals surface area contributed by atoms with E-state index in [0.29, 0.717) is 0 Å². The van der Waals surface area contributed by atoms with E-state index in [9.17, 15) is 0 Å². The Morgan fingerprint density at radius 3 is 2.75 bits per heavy atom. The van der Waals surface area contributed by atoms with Crippen molar-refractivity contribution in [1.29, 1.82) is 0 Å². The van der Waals surface area contributed by atoms with Gasteiger partial charge >= 0.3 is 0 Å². The molecule has 0 unspecified atom stereocenters. The molecule has 98 valence electrons. The topological polar surface area (TPSA) is 35.0 Å². The minimum absolute atomic E-state index is 0.791. The van der Waals surface area contributed by atoms with E-state index >= 15 is 0 Å². The van der Waals surface area contributed by atoms with E-state index in [1.165, 1.54) is 0 Å². The van der Waals surface area contributed by atoms with E-state index < -0.39 is 0 Å². The van der Waals surface area contributed by atoms with Gasteiger partial charge in [0.25, 0.3) is 0 Å². The lowest BCUT2D eigenvalue weighted by Crippen LogP contribution is -1.89. The highest BCUT2D eigenvalue weighted by atomic mass is 16.5. The number of hydrogen-bond acceptors (Lipinski definition) is 3. The van der Waals surface area contributed by atoms with Crippen molar-refractivity contribution in [2.24, 2.45) is 0 Å².